The Morgan fingerprint density at radius 2 is 1.81 bits per heavy atom. The Labute approximate surface area is 185 Å². The van der Waals surface area contributed by atoms with Gasteiger partial charge in [-0.3, -0.25) is 9.59 Å². The molecule has 0 spiro atoms. The second kappa shape index (κ2) is 9.59. The first-order chi connectivity index (χ1) is 15.1. The summed E-state index contributed by atoms with van der Waals surface area (Å²) in [5, 5.41) is 7.81. The van der Waals surface area contributed by atoms with Crippen molar-refractivity contribution in [2.45, 2.75) is 4.90 Å². The summed E-state index contributed by atoms with van der Waals surface area (Å²) in [6, 6.07) is 16.4. The number of amides is 2. The molecule has 0 saturated carbocycles. The summed E-state index contributed by atoms with van der Waals surface area (Å²) in [4.78, 5) is 29.5. The number of nitrogens with zero attached hydrogens (tertiary/aromatic N) is 1. The number of halogens is 1. The Hall–Kier alpha value is -3.43. The molecular weight excluding hydrogens is 437 g/mol. The second-order valence-corrected chi connectivity index (χ2v) is 8.24. The maximum absolute atomic E-state index is 13.0. The van der Waals surface area contributed by atoms with Crippen molar-refractivity contribution in [2.75, 3.05) is 16.4 Å². The van der Waals surface area contributed by atoms with Crippen LogP contribution in [-0.2, 0) is 4.79 Å². The quantitative estimate of drug-likeness (QED) is 0.360. The Bertz CT molecular complexity index is 1170. The molecule has 2 heterocycles. The van der Waals surface area contributed by atoms with Crippen molar-refractivity contribution < 1.29 is 18.4 Å². The van der Waals surface area contributed by atoms with Crippen LogP contribution in [0.15, 0.2) is 81.6 Å². The van der Waals surface area contributed by atoms with E-state index >= 15 is 0 Å². The highest BCUT2D eigenvalue weighted by Gasteiger charge is 2.10. The molecule has 0 bridgehead atoms. The molecule has 6 nitrogen and oxygen atoms in total. The van der Waals surface area contributed by atoms with Gasteiger partial charge in [0.05, 0.1) is 17.7 Å². The third kappa shape index (κ3) is 5.59. The number of hydrogen-bond acceptors (Lipinski definition) is 6. The number of nitrogens with one attached hydrogen (secondary N) is 2. The third-order valence-electron chi connectivity index (χ3n) is 4.12. The largest absolute Gasteiger partial charge is 0.459 e. The molecule has 0 radical (unpaired) electrons. The summed E-state index contributed by atoms with van der Waals surface area (Å²) < 4.78 is 18.1. The predicted molar refractivity (Wildman–Crippen MR) is 120 cm³/mol. The van der Waals surface area contributed by atoms with Gasteiger partial charge in [-0.25, -0.2) is 9.37 Å². The topological polar surface area (TPSA) is 84.2 Å². The van der Waals surface area contributed by atoms with E-state index in [1.165, 1.54) is 41.5 Å². The number of carbonyl (C=O) groups is 2. The Morgan fingerprint density at radius 1 is 1.03 bits per heavy atom. The Balaban J connectivity index is 1.27. The lowest BCUT2D eigenvalue weighted by Crippen LogP contribution is -2.13. The fourth-order valence-corrected chi connectivity index (χ4v) is 4.06. The third-order valence-corrected chi connectivity index (χ3v) is 5.89. The molecule has 0 atom stereocenters. The summed E-state index contributed by atoms with van der Waals surface area (Å²) >= 11 is 2.68. The number of thiazole rings is 1. The average molecular weight is 454 g/mol. The standard InChI is InChI=1S/C22H16FN3O3S2/c23-15-5-3-14(4-6-15)18-12-31-22(25-18)26-20(27)13-30-17-9-7-16(8-10-17)24-21(28)19-2-1-11-29-19/h1-12H,13H2,(H,24,28)(H,25,26,27). The van der Waals surface area contributed by atoms with E-state index in [0.29, 0.717) is 16.5 Å². The summed E-state index contributed by atoms with van der Waals surface area (Å²) in [5.41, 5.74) is 2.10. The van der Waals surface area contributed by atoms with Crippen molar-refractivity contribution >= 4 is 45.7 Å². The van der Waals surface area contributed by atoms with Crippen molar-refractivity contribution in [3.63, 3.8) is 0 Å². The number of anilines is 2. The highest BCUT2D eigenvalue weighted by Crippen LogP contribution is 2.26. The maximum Gasteiger partial charge on any atom is 0.291 e. The number of furan rings is 1. The van der Waals surface area contributed by atoms with E-state index in [0.717, 1.165) is 10.5 Å². The molecule has 4 aromatic rings. The number of rotatable bonds is 7. The van der Waals surface area contributed by atoms with Crippen molar-refractivity contribution in [3.8, 4) is 11.3 Å². The van der Waals surface area contributed by atoms with Gasteiger partial charge in [-0.2, -0.15) is 0 Å². The van der Waals surface area contributed by atoms with Crippen LogP contribution in [0.25, 0.3) is 11.3 Å². The van der Waals surface area contributed by atoms with Gasteiger partial charge in [-0.1, -0.05) is 0 Å². The first-order valence-corrected chi connectivity index (χ1v) is 11.0. The molecule has 9 heteroatoms. The minimum atomic E-state index is -0.326. The summed E-state index contributed by atoms with van der Waals surface area (Å²) in [6.07, 6.45) is 1.44. The zero-order valence-electron chi connectivity index (χ0n) is 16.0. The van der Waals surface area contributed by atoms with Gasteiger partial charge >= 0.3 is 0 Å². The van der Waals surface area contributed by atoms with Crippen LogP contribution in [0, 0.1) is 5.82 Å². The molecule has 4 rings (SSSR count). The molecule has 2 N–H and O–H groups in total. The SMILES string of the molecule is O=C(CSc1ccc(NC(=O)c2ccco2)cc1)Nc1nc(-c2ccc(F)cc2)cs1. The van der Waals surface area contributed by atoms with Crippen molar-refractivity contribution in [2.24, 2.45) is 0 Å². The lowest BCUT2D eigenvalue weighted by atomic mass is 10.2. The first-order valence-electron chi connectivity index (χ1n) is 9.16. The number of benzene rings is 2. The molecular formula is C22H16FN3O3S2. The summed E-state index contributed by atoms with van der Waals surface area (Å²) in [5.74, 6) is -0.366. The van der Waals surface area contributed by atoms with Crippen LogP contribution in [0.3, 0.4) is 0 Å². The minimum absolute atomic E-state index is 0.180. The monoisotopic (exact) mass is 453 g/mol. The Kier molecular flexibility index (Phi) is 6.44. The van der Waals surface area contributed by atoms with Gasteiger partial charge in [0.15, 0.2) is 10.9 Å². The van der Waals surface area contributed by atoms with Gasteiger partial charge in [-0.15, -0.1) is 23.1 Å². The van der Waals surface area contributed by atoms with Crippen molar-refractivity contribution in [1.82, 2.24) is 4.98 Å². The summed E-state index contributed by atoms with van der Waals surface area (Å²) in [7, 11) is 0. The fraction of sp³-hybridized carbons (Fsp3) is 0.0455. The van der Waals surface area contributed by atoms with Crippen LogP contribution in [0.1, 0.15) is 10.6 Å². The molecule has 0 saturated heterocycles. The zero-order chi connectivity index (χ0) is 21.6. The van der Waals surface area contributed by atoms with Gasteiger partial charge < -0.3 is 15.1 Å². The van der Waals surface area contributed by atoms with Crippen molar-refractivity contribution in [3.05, 3.63) is 83.9 Å². The van der Waals surface area contributed by atoms with Crippen LogP contribution in [0.4, 0.5) is 15.2 Å². The van der Waals surface area contributed by atoms with Crippen LogP contribution < -0.4 is 10.6 Å². The molecule has 156 valence electrons. The van der Waals surface area contributed by atoms with E-state index in [2.05, 4.69) is 15.6 Å². The first kappa shape index (κ1) is 20.8. The van der Waals surface area contributed by atoms with Crippen LogP contribution in [0.2, 0.25) is 0 Å². The van der Waals surface area contributed by atoms with E-state index in [9.17, 15) is 14.0 Å². The van der Waals surface area contributed by atoms with Gasteiger partial charge in [0.1, 0.15) is 5.82 Å². The number of hydrogen-bond donors (Lipinski definition) is 2. The van der Waals surface area contributed by atoms with Crippen molar-refractivity contribution in [1.29, 1.82) is 0 Å². The van der Waals surface area contributed by atoms with E-state index in [4.69, 9.17) is 4.42 Å². The van der Waals surface area contributed by atoms with Crippen LogP contribution in [0.5, 0.6) is 0 Å². The maximum atomic E-state index is 13.0. The zero-order valence-corrected chi connectivity index (χ0v) is 17.6. The number of carbonyl (C=O) groups excluding carboxylic acids is 2. The van der Waals surface area contributed by atoms with E-state index in [1.807, 2.05) is 17.5 Å². The van der Waals surface area contributed by atoms with Gasteiger partial charge in [0.2, 0.25) is 5.91 Å². The van der Waals surface area contributed by atoms with Crippen LogP contribution in [-0.4, -0.2) is 22.6 Å². The predicted octanol–water partition coefficient (Wildman–Crippen LogP) is 5.53. The molecule has 2 aromatic heterocycles. The average Bonchev–Trinajstić information content (AvgIpc) is 3.46. The molecule has 0 unspecified atom stereocenters. The smallest absolute Gasteiger partial charge is 0.291 e. The number of thioether (sulfide) groups is 1. The highest BCUT2D eigenvalue weighted by molar-refractivity contribution is 8.00. The van der Waals surface area contributed by atoms with Gasteiger partial charge in [-0.05, 0) is 60.7 Å². The molecule has 0 aliphatic rings. The Morgan fingerprint density at radius 3 is 2.52 bits per heavy atom. The summed E-state index contributed by atoms with van der Waals surface area (Å²) in [6.45, 7) is 0. The fourth-order valence-electron chi connectivity index (χ4n) is 2.62. The highest BCUT2D eigenvalue weighted by atomic mass is 32.2. The molecule has 0 aliphatic carbocycles. The lowest BCUT2D eigenvalue weighted by molar-refractivity contribution is -0.113. The molecule has 0 fully saturated rings. The molecule has 31 heavy (non-hydrogen) atoms. The molecule has 2 amide bonds. The van der Waals surface area contributed by atoms with Gasteiger partial charge in [0, 0.05) is 21.5 Å². The second-order valence-electron chi connectivity index (χ2n) is 6.34. The molecule has 2 aromatic carbocycles. The van der Waals surface area contributed by atoms with E-state index in [-0.39, 0.29) is 29.1 Å². The van der Waals surface area contributed by atoms with Crippen LogP contribution >= 0.6 is 23.1 Å². The lowest BCUT2D eigenvalue weighted by Gasteiger charge is -2.05. The normalized spacial score (nSPS) is 10.6. The number of aromatic nitrogens is 1. The van der Waals surface area contributed by atoms with E-state index < -0.39 is 0 Å². The molecule has 0 aliphatic heterocycles. The van der Waals surface area contributed by atoms with Gasteiger partial charge in [0.25, 0.3) is 5.91 Å². The minimum Gasteiger partial charge on any atom is -0.459 e. The van der Waals surface area contributed by atoms with E-state index in [1.54, 1.807) is 36.4 Å².